The fraction of sp³-hybridized carbons (Fsp3) is 0.125. The Balaban J connectivity index is 2.71. The van der Waals surface area contributed by atoms with Crippen molar-refractivity contribution in [3.05, 3.63) is 29.8 Å². The van der Waals surface area contributed by atoms with Crippen molar-refractivity contribution in [3.63, 3.8) is 0 Å². The first-order valence-electron chi connectivity index (χ1n) is 3.68. The summed E-state index contributed by atoms with van der Waals surface area (Å²) in [7, 11) is 1.40. The standard InChI is InChI=1S/C8H11N3O2/c1-13-11-10-8(12)6-4-2-3-5-7(6)9/h2-5,11H,9H2,1H3,(H,10,12). The Morgan fingerprint density at radius 2 is 2.15 bits per heavy atom. The van der Waals surface area contributed by atoms with Crippen LogP contribution in [-0.2, 0) is 4.84 Å². The zero-order valence-electron chi connectivity index (χ0n) is 7.20. The molecular weight excluding hydrogens is 170 g/mol. The highest BCUT2D eigenvalue weighted by Crippen LogP contribution is 2.09. The van der Waals surface area contributed by atoms with E-state index in [1.807, 2.05) is 0 Å². The van der Waals surface area contributed by atoms with Crippen LogP contribution in [0.4, 0.5) is 5.69 Å². The molecule has 0 bridgehead atoms. The van der Waals surface area contributed by atoms with Gasteiger partial charge in [-0.25, -0.2) is 0 Å². The maximum Gasteiger partial charge on any atom is 0.269 e. The molecule has 0 saturated carbocycles. The van der Waals surface area contributed by atoms with Gasteiger partial charge in [-0.1, -0.05) is 12.1 Å². The number of carbonyl (C=O) groups is 1. The average molecular weight is 181 g/mol. The number of nitrogen functional groups attached to an aromatic ring is 1. The summed E-state index contributed by atoms with van der Waals surface area (Å²) < 4.78 is 0. The highest BCUT2D eigenvalue weighted by molar-refractivity contribution is 5.98. The van der Waals surface area contributed by atoms with Gasteiger partial charge in [0.25, 0.3) is 5.91 Å². The first-order valence-corrected chi connectivity index (χ1v) is 3.68. The zero-order valence-corrected chi connectivity index (χ0v) is 7.20. The second kappa shape index (κ2) is 4.44. The zero-order chi connectivity index (χ0) is 9.68. The summed E-state index contributed by atoms with van der Waals surface area (Å²) in [4.78, 5) is 15.7. The van der Waals surface area contributed by atoms with Crippen LogP contribution in [0.2, 0.25) is 0 Å². The number of nitrogens with one attached hydrogen (secondary N) is 2. The highest BCUT2D eigenvalue weighted by atomic mass is 16.7. The maximum atomic E-state index is 11.3. The SMILES string of the molecule is CONNC(=O)c1ccccc1N. The fourth-order valence-electron chi connectivity index (χ4n) is 0.869. The van der Waals surface area contributed by atoms with Crippen LogP contribution >= 0.6 is 0 Å². The molecule has 0 aliphatic heterocycles. The van der Waals surface area contributed by atoms with Gasteiger partial charge in [0.1, 0.15) is 0 Å². The maximum absolute atomic E-state index is 11.3. The van der Waals surface area contributed by atoms with Crippen molar-refractivity contribution in [2.45, 2.75) is 0 Å². The minimum atomic E-state index is -0.333. The fourth-order valence-corrected chi connectivity index (χ4v) is 0.869. The third-order valence-corrected chi connectivity index (χ3v) is 1.47. The number of amides is 1. The summed E-state index contributed by atoms with van der Waals surface area (Å²) in [5.41, 5.74) is 10.9. The molecule has 0 aliphatic rings. The van der Waals surface area contributed by atoms with E-state index in [2.05, 4.69) is 15.9 Å². The van der Waals surface area contributed by atoms with Gasteiger partial charge in [-0.15, -0.1) is 5.59 Å². The smallest absolute Gasteiger partial charge is 0.269 e. The van der Waals surface area contributed by atoms with Crippen molar-refractivity contribution >= 4 is 11.6 Å². The number of hydrogen-bond acceptors (Lipinski definition) is 4. The Bertz CT molecular complexity index is 301. The molecule has 0 radical (unpaired) electrons. The van der Waals surface area contributed by atoms with Crippen LogP contribution < -0.4 is 16.7 Å². The van der Waals surface area contributed by atoms with Crippen molar-refractivity contribution in [2.24, 2.45) is 0 Å². The Kier molecular flexibility index (Phi) is 3.24. The molecule has 70 valence electrons. The topological polar surface area (TPSA) is 76.4 Å². The van der Waals surface area contributed by atoms with Gasteiger partial charge in [0.15, 0.2) is 0 Å². The summed E-state index contributed by atoms with van der Waals surface area (Å²) >= 11 is 0. The molecule has 0 aromatic heterocycles. The first kappa shape index (κ1) is 9.50. The third kappa shape index (κ3) is 2.43. The number of rotatable bonds is 3. The van der Waals surface area contributed by atoms with Crippen LogP contribution in [0.25, 0.3) is 0 Å². The molecule has 1 amide bonds. The summed E-state index contributed by atoms with van der Waals surface area (Å²) in [6.07, 6.45) is 0. The molecule has 4 N–H and O–H groups in total. The first-order chi connectivity index (χ1) is 6.25. The molecule has 1 aromatic rings. The van der Waals surface area contributed by atoms with Gasteiger partial charge >= 0.3 is 0 Å². The molecule has 0 aliphatic carbocycles. The summed E-state index contributed by atoms with van der Waals surface area (Å²) in [5, 5.41) is 0. The van der Waals surface area contributed by atoms with Gasteiger partial charge in [-0.05, 0) is 12.1 Å². The molecule has 0 spiro atoms. The van der Waals surface area contributed by atoms with Crippen LogP contribution in [0.3, 0.4) is 0 Å². The van der Waals surface area contributed by atoms with E-state index in [4.69, 9.17) is 5.73 Å². The predicted octanol–water partition coefficient (Wildman–Crippen LogP) is 0.0646. The lowest BCUT2D eigenvalue weighted by Gasteiger charge is -2.06. The number of benzene rings is 1. The van der Waals surface area contributed by atoms with Crippen LogP contribution in [0, 0.1) is 0 Å². The average Bonchev–Trinajstić information content (AvgIpc) is 2.15. The molecule has 1 rings (SSSR count). The van der Waals surface area contributed by atoms with Gasteiger partial charge in [-0.3, -0.25) is 15.1 Å². The molecule has 0 unspecified atom stereocenters. The predicted molar refractivity (Wildman–Crippen MR) is 48.5 cm³/mol. The van der Waals surface area contributed by atoms with Gasteiger partial charge in [0.05, 0.1) is 12.7 Å². The van der Waals surface area contributed by atoms with E-state index in [9.17, 15) is 4.79 Å². The van der Waals surface area contributed by atoms with Crippen LogP contribution in [0.5, 0.6) is 0 Å². The lowest BCUT2D eigenvalue weighted by molar-refractivity contribution is 0.0459. The number of carbonyl (C=O) groups excluding carboxylic acids is 1. The molecule has 0 saturated heterocycles. The normalized spacial score (nSPS) is 9.62. The summed E-state index contributed by atoms with van der Waals surface area (Å²) in [5.74, 6) is -0.333. The van der Waals surface area contributed by atoms with Gasteiger partial charge in [-0.2, -0.15) is 0 Å². The van der Waals surface area contributed by atoms with E-state index in [-0.39, 0.29) is 5.91 Å². The van der Waals surface area contributed by atoms with Crippen molar-refractivity contribution in [3.8, 4) is 0 Å². The van der Waals surface area contributed by atoms with E-state index in [1.165, 1.54) is 7.11 Å². The second-order valence-electron chi connectivity index (χ2n) is 2.35. The third-order valence-electron chi connectivity index (χ3n) is 1.47. The second-order valence-corrected chi connectivity index (χ2v) is 2.35. The Labute approximate surface area is 75.8 Å². The van der Waals surface area contributed by atoms with Gasteiger partial charge in [0, 0.05) is 5.69 Å². The Morgan fingerprint density at radius 3 is 2.77 bits per heavy atom. The molecule has 5 nitrogen and oxygen atoms in total. The quantitative estimate of drug-likeness (QED) is 0.455. The number of anilines is 1. The number of nitrogens with two attached hydrogens (primary N) is 1. The van der Waals surface area contributed by atoms with E-state index in [0.717, 1.165) is 0 Å². The Morgan fingerprint density at radius 1 is 1.46 bits per heavy atom. The van der Waals surface area contributed by atoms with Crippen LogP contribution in [0.15, 0.2) is 24.3 Å². The number of hydrogen-bond donors (Lipinski definition) is 3. The summed E-state index contributed by atoms with van der Waals surface area (Å²) in [6.45, 7) is 0. The van der Waals surface area contributed by atoms with Crippen molar-refractivity contribution in [1.29, 1.82) is 0 Å². The number of hydrazine groups is 1. The molecular formula is C8H11N3O2. The molecule has 13 heavy (non-hydrogen) atoms. The molecule has 0 fully saturated rings. The van der Waals surface area contributed by atoms with Crippen molar-refractivity contribution in [2.75, 3.05) is 12.8 Å². The minimum absolute atomic E-state index is 0.333. The van der Waals surface area contributed by atoms with E-state index >= 15 is 0 Å². The van der Waals surface area contributed by atoms with Gasteiger partial charge < -0.3 is 5.73 Å². The van der Waals surface area contributed by atoms with Crippen LogP contribution in [-0.4, -0.2) is 13.0 Å². The molecule has 0 atom stereocenters. The Hall–Kier alpha value is -1.59. The monoisotopic (exact) mass is 181 g/mol. The van der Waals surface area contributed by atoms with Crippen molar-refractivity contribution < 1.29 is 9.63 Å². The molecule has 1 aromatic carbocycles. The highest BCUT2D eigenvalue weighted by Gasteiger charge is 2.06. The summed E-state index contributed by atoms with van der Waals surface area (Å²) in [6, 6.07) is 6.78. The van der Waals surface area contributed by atoms with E-state index in [1.54, 1.807) is 24.3 Å². The van der Waals surface area contributed by atoms with Crippen molar-refractivity contribution in [1.82, 2.24) is 11.0 Å². The minimum Gasteiger partial charge on any atom is -0.398 e. The molecule has 0 heterocycles. The van der Waals surface area contributed by atoms with Gasteiger partial charge in [0.2, 0.25) is 0 Å². The van der Waals surface area contributed by atoms with E-state index < -0.39 is 0 Å². The van der Waals surface area contributed by atoms with Crippen LogP contribution in [0.1, 0.15) is 10.4 Å². The number of para-hydroxylation sites is 1. The van der Waals surface area contributed by atoms with E-state index in [0.29, 0.717) is 11.3 Å². The molecule has 5 heteroatoms. The lowest BCUT2D eigenvalue weighted by atomic mass is 10.2. The lowest BCUT2D eigenvalue weighted by Crippen LogP contribution is -2.36. The largest absolute Gasteiger partial charge is 0.398 e.